The molecule has 3 aliphatic rings. The van der Waals surface area contributed by atoms with E-state index >= 15 is 0 Å². The number of aromatic nitrogens is 1. The lowest BCUT2D eigenvalue weighted by Crippen LogP contribution is -2.61. The zero-order valence-electron chi connectivity index (χ0n) is 18.4. The normalized spacial score (nSPS) is 27.9. The third kappa shape index (κ3) is 2.62. The van der Waals surface area contributed by atoms with Gasteiger partial charge in [0.25, 0.3) is 0 Å². The summed E-state index contributed by atoms with van der Waals surface area (Å²) in [5, 5.41) is 1.10. The van der Waals surface area contributed by atoms with Gasteiger partial charge in [-0.2, -0.15) is 0 Å². The molecule has 0 aliphatic carbocycles. The second-order valence-corrected chi connectivity index (χ2v) is 8.67. The summed E-state index contributed by atoms with van der Waals surface area (Å²) in [6, 6.07) is 6.22. The molecule has 164 valence electrons. The summed E-state index contributed by atoms with van der Waals surface area (Å²) in [7, 11) is 3.07. The third-order valence-electron chi connectivity index (χ3n) is 7.40. The molecule has 0 N–H and O–H groups in total. The number of fused-ring (bicyclic) bond motifs is 4. The average molecular weight is 424 g/mol. The quantitative estimate of drug-likeness (QED) is 0.555. The Hall–Kier alpha value is -2.80. The zero-order chi connectivity index (χ0) is 21.9. The fraction of sp³-hybridized carbons (Fsp3) is 0.500. The van der Waals surface area contributed by atoms with Crippen molar-refractivity contribution < 1.29 is 23.8 Å². The van der Waals surface area contributed by atoms with Crippen molar-refractivity contribution in [3.63, 3.8) is 0 Å². The standard InChI is InChI=1S/C24H28N2O5/c1-5-15-12-25-9-8-17-18-10-16(29-3)6-7-20(18)26-22(17)21(25)11-19(15)24(26,23(28)30-4)13-31-14(2)27/h5-7,10,19,21H,8-9,11-13H2,1-4H3/b15-5+. The van der Waals surface area contributed by atoms with Gasteiger partial charge in [0.15, 0.2) is 5.54 Å². The van der Waals surface area contributed by atoms with Gasteiger partial charge in [0.2, 0.25) is 0 Å². The van der Waals surface area contributed by atoms with Crippen LogP contribution in [0.5, 0.6) is 5.75 Å². The first-order chi connectivity index (χ1) is 15.0. The van der Waals surface area contributed by atoms with E-state index in [1.54, 1.807) is 7.11 Å². The largest absolute Gasteiger partial charge is 0.497 e. The molecule has 3 aliphatic heterocycles. The van der Waals surface area contributed by atoms with E-state index < -0.39 is 11.5 Å². The van der Waals surface area contributed by atoms with Crippen LogP contribution in [0, 0.1) is 5.92 Å². The van der Waals surface area contributed by atoms with Crippen molar-refractivity contribution in [1.82, 2.24) is 9.47 Å². The lowest BCUT2D eigenvalue weighted by molar-refractivity contribution is -0.165. The summed E-state index contributed by atoms with van der Waals surface area (Å²) in [5.74, 6) is -0.0976. The highest BCUT2D eigenvalue weighted by Gasteiger charge is 2.60. The second kappa shape index (κ2) is 7.12. The van der Waals surface area contributed by atoms with Crippen molar-refractivity contribution in [3.05, 3.63) is 41.1 Å². The lowest BCUT2D eigenvalue weighted by Gasteiger charge is -2.55. The predicted molar refractivity (Wildman–Crippen MR) is 115 cm³/mol. The number of piperidine rings is 1. The molecule has 0 saturated carbocycles. The molecule has 4 heterocycles. The van der Waals surface area contributed by atoms with Gasteiger partial charge >= 0.3 is 11.9 Å². The van der Waals surface area contributed by atoms with Crippen molar-refractivity contribution in [3.8, 4) is 5.75 Å². The summed E-state index contributed by atoms with van der Waals surface area (Å²) >= 11 is 0. The summed E-state index contributed by atoms with van der Waals surface area (Å²) in [6.07, 6.45) is 3.81. The molecule has 2 aromatic rings. The SMILES string of the molecule is C/C=C1\CN2CCc3c4n(c5ccc(OC)cc35)C(COC(C)=O)(C(=O)OC)C1CC42. The van der Waals surface area contributed by atoms with Crippen molar-refractivity contribution in [2.24, 2.45) is 5.92 Å². The topological polar surface area (TPSA) is 70.0 Å². The highest BCUT2D eigenvalue weighted by Crippen LogP contribution is 2.56. The van der Waals surface area contributed by atoms with Gasteiger partial charge in [-0.05, 0) is 43.5 Å². The van der Waals surface area contributed by atoms with E-state index in [1.807, 2.05) is 19.1 Å². The van der Waals surface area contributed by atoms with Gasteiger partial charge in [0.05, 0.1) is 25.8 Å². The fourth-order valence-electron chi connectivity index (χ4n) is 6.07. The van der Waals surface area contributed by atoms with Crippen molar-refractivity contribution >= 4 is 22.8 Å². The van der Waals surface area contributed by atoms with Crippen molar-refractivity contribution in [2.75, 3.05) is 33.9 Å². The van der Waals surface area contributed by atoms with E-state index in [4.69, 9.17) is 14.2 Å². The third-order valence-corrected chi connectivity index (χ3v) is 7.40. The molecule has 0 spiro atoms. The first-order valence-electron chi connectivity index (χ1n) is 10.8. The molecule has 1 saturated heterocycles. The van der Waals surface area contributed by atoms with Crippen molar-refractivity contribution in [1.29, 1.82) is 0 Å². The summed E-state index contributed by atoms with van der Waals surface area (Å²) in [6.45, 7) is 5.14. The van der Waals surface area contributed by atoms with Crippen LogP contribution in [-0.4, -0.2) is 55.3 Å². The van der Waals surface area contributed by atoms with E-state index in [0.717, 1.165) is 48.3 Å². The van der Waals surface area contributed by atoms with Crippen LogP contribution in [0.25, 0.3) is 10.9 Å². The number of allylic oxidation sites excluding steroid dienone is 1. The van der Waals surface area contributed by atoms with Crippen molar-refractivity contribution in [2.45, 2.75) is 38.3 Å². The Morgan fingerprint density at radius 2 is 2.10 bits per heavy atom. The molecule has 3 atom stereocenters. The molecular formula is C24H28N2O5. The summed E-state index contributed by atoms with van der Waals surface area (Å²) < 4.78 is 18.6. The number of esters is 2. The summed E-state index contributed by atoms with van der Waals surface area (Å²) in [4.78, 5) is 28.0. The number of benzene rings is 1. The Kier molecular flexibility index (Phi) is 4.62. The summed E-state index contributed by atoms with van der Waals surface area (Å²) in [5.41, 5.74) is 3.42. The Bertz CT molecular complexity index is 1120. The molecule has 2 bridgehead atoms. The van der Waals surface area contributed by atoms with Crippen LogP contribution in [0.3, 0.4) is 0 Å². The highest BCUT2D eigenvalue weighted by atomic mass is 16.5. The Morgan fingerprint density at radius 1 is 1.29 bits per heavy atom. The molecule has 5 rings (SSSR count). The Morgan fingerprint density at radius 3 is 2.77 bits per heavy atom. The molecule has 31 heavy (non-hydrogen) atoms. The van der Waals surface area contributed by atoms with Crippen LogP contribution >= 0.6 is 0 Å². The van der Waals surface area contributed by atoms with E-state index in [-0.39, 0.29) is 24.5 Å². The first-order valence-corrected chi connectivity index (χ1v) is 10.8. The Labute approximate surface area is 181 Å². The predicted octanol–water partition coefficient (Wildman–Crippen LogP) is 2.96. The molecule has 0 radical (unpaired) electrons. The minimum Gasteiger partial charge on any atom is -0.497 e. The van der Waals surface area contributed by atoms with Gasteiger partial charge in [-0.15, -0.1) is 0 Å². The van der Waals surface area contributed by atoms with E-state index in [9.17, 15) is 9.59 Å². The maximum absolute atomic E-state index is 13.6. The number of nitrogens with zero attached hydrogens (tertiary/aromatic N) is 2. The van der Waals surface area contributed by atoms with Gasteiger partial charge in [-0.3, -0.25) is 9.69 Å². The number of methoxy groups -OCH3 is 2. The number of carbonyl (C=O) groups is 2. The van der Waals surface area contributed by atoms with Crippen LogP contribution in [0.1, 0.15) is 37.6 Å². The van der Waals surface area contributed by atoms with Gasteiger partial charge in [0.1, 0.15) is 12.4 Å². The van der Waals surface area contributed by atoms with Gasteiger partial charge in [-0.25, -0.2) is 4.79 Å². The fourth-order valence-corrected chi connectivity index (χ4v) is 6.07. The maximum Gasteiger partial charge on any atom is 0.336 e. The number of hydrogen-bond donors (Lipinski definition) is 0. The van der Waals surface area contributed by atoms with Gasteiger partial charge in [-0.1, -0.05) is 11.6 Å². The van der Waals surface area contributed by atoms with Crippen LogP contribution < -0.4 is 4.74 Å². The molecule has 1 aromatic carbocycles. The van der Waals surface area contributed by atoms with E-state index in [1.165, 1.54) is 25.2 Å². The van der Waals surface area contributed by atoms with Gasteiger partial charge < -0.3 is 18.8 Å². The Balaban J connectivity index is 1.88. The number of hydrogen-bond acceptors (Lipinski definition) is 6. The molecule has 7 heteroatoms. The van der Waals surface area contributed by atoms with Crippen LogP contribution in [-0.2, 0) is 31.0 Å². The van der Waals surface area contributed by atoms with Crippen LogP contribution in [0.15, 0.2) is 29.8 Å². The highest BCUT2D eigenvalue weighted by molar-refractivity contribution is 5.92. The minimum atomic E-state index is -1.14. The number of ether oxygens (including phenoxy) is 3. The molecule has 3 unspecified atom stereocenters. The van der Waals surface area contributed by atoms with Crippen LogP contribution in [0.4, 0.5) is 0 Å². The zero-order valence-corrected chi connectivity index (χ0v) is 18.4. The molecular weight excluding hydrogens is 396 g/mol. The number of rotatable bonds is 4. The van der Waals surface area contributed by atoms with E-state index in [0.29, 0.717) is 0 Å². The van der Waals surface area contributed by atoms with Crippen LogP contribution in [0.2, 0.25) is 0 Å². The molecule has 0 amide bonds. The average Bonchev–Trinajstić information content (AvgIpc) is 3.12. The minimum absolute atomic E-state index is 0.0496. The second-order valence-electron chi connectivity index (χ2n) is 8.67. The molecule has 1 fully saturated rings. The first kappa shape index (κ1) is 20.1. The lowest BCUT2D eigenvalue weighted by atomic mass is 9.68. The van der Waals surface area contributed by atoms with Gasteiger partial charge in [0, 0.05) is 37.0 Å². The monoisotopic (exact) mass is 424 g/mol. The molecule has 1 aromatic heterocycles. The maximum atomic E-state index is 13.6. The molecule has 7 nitrogen and oxygen atoms in total. The smallest absolute Gasteiger partial charge is 0.336 e. The van der Waals surface area contributed by atoms with E-state index in [2.05, 4.69) is 21.6 Å². The number of carbonyl (C=O) groups excluding carboxylic acids is 2.